The Morgan fingerprint density at radius 2 is 1.79 bits per heavy atom. The summed E-state index contributed by atoms with van der Waals surface area (Å²) < 4.78 is 5.17. The summed E-state index contributed by atoms with van der Waals surface area (Å²) in [4.78, 5) is 27.4. The number of para-hydroxylation sites is 2. The predicted octanol–water partition coefficient (Wildman–Crippen LogP) is 3.52. The zero-order valence-electron chi connectivity index (χ0n) is 16.8. The van der Waals surface area contributed by atoms with Crippen LogP contribution in [0.1, 0.15) is 19.8 Å². The molecule has 1 heterocycles. The Bertz CT molecular complexity index is 849. The summed E-state index contributed by atoms with van der Waals surface area (Å²) in [6.45, 7) is 3.39. The number of hydrogen-bond donors (Lipinski definition) is 2. The molecule has 0 saturated carbocycles. The van der Waals surface area contributed by atoms with Crippen LogP contribution in [0.15, 0.2) is 53.4 Å². The van der Waals surface area contributed by atoms with Crippen molar-refractivity contribution < 1.29 is 14.3 Å². The second kappa shape index (κ2) is 9.69. The number of primary amides is 1. The number of carbonyl (C=O) groups excluding carboxylic acids is 2. The number of amides is 2. The first kappa shape index (κ1) is 21.0. The van der Waals surface area contributed by atoms with Crippen molar-refractivity contribution in [3.8, 4) is 5.75 Å². The number of methoxy groups -OCH3 is 1. The van der Waals surface area contributed by atoms with E-state index in [4.69, 9.17) is 10.5 Å². The highest BCUT2D eigenvalue weighted by atomic mass is 32.2. The minimum Gasteiger partial charge on any atom is -0.497 e. The zero-order chi connectivity index (χ0) is 20.8. The van der Waals surface area contributed by atoms with Crippen LogP contribution in [0.25, 0.3) is 0 Å². The number of anilines is 2. The number of rotatable bonds is 7. The molecule has 154 valence electrons. The van der Waals surface area contributed by atoms with Crippen LogP contribution >= 0.6 is 11.8 Å². The van der Waals surface area contributed by atoms with Gasteiger partial charge < -0.3 is 20.7 Å². The van der Waals surface area contributed by atoms with Gasteiger partial charge in [0.05, 0.1) is 23.7 Å². The second-order valence-corrected chi connectivity index (χ2v) is 8.52. The highest BCUT2D eigenvalue weighted by molar-refractivity contribution is 8.00. The molecule has 0 radical (unpaired) electrons. The van der Waals surface area contributed by atoms with Crippen molar-refractivity contribution in [2.24, 2.45) is 11.7 Å². The van der Waals surface area contributed by atoms with E-state index >= 15 is 0 Å². The van der Waals surface area contributed by atoms with E-state index in [1.54, 1.807) is 7.11 Å². The van der Waals surface area contributed by atoms with Crippen molar-refractivity contribution >= 4 is 35.0 Å². The summed E-state index contributed by atoms with van der Waals surface area (Å²) in [5.74, 6) is 0.454. The first-order chi connectivity index (χ1) is 14.0. The third kappa shape index (κ3) is 5.44. The molecule has 2 aromatic carbocycles. The van der Waals surface area contributed by atoms with E-state index in [9.17, 15) is 9.59 Å². The van der Waals surface area contributed by atoms with Gasteiger partial charge in [0.25, 0.3) is 0 Å². The number of benzene rings is 2. The van der Waals surface area contributed by atoms with E-state index < -0.39 is 0 Å². The number of carbonyl (C=O) groups is 2. The quantitative estimate of drug-likeness (QED) is 0.679. The molecule has 3 rings (SSSR count). The molecule has 2 amide bonds. The largest absolute Gasteiger partial charge is 0.497 e. The van der Waals surface area contributed by atoms with Crippen molar-refractivity contribution in [2.45, 2.75) is 29.9 Å². The van der Waals surface area contributed by atoms with Crippen LogP contribution in [0, 0.1) is 5.92 Å². The van der Waals surface area contributed by atoms with Crippen molar-refractivity contribution in [3.05, 3.63) is 48.5 Å². The molecule has 1 unspecified atom stereocenters. The van der Waals surface area contributed by atoms with Crippen LogP contribution in [0.5, 0.6) is 5.75 Å². The first-order valence-electron chi connectivity index (χ1n) is 9.73. The van der Waals surface area contributed by atoms with E-state index in [0.29, 0.717) is 0 Å². The minimum absolute atomic E-state index is 0.0507. The van der Waals surface area contributed by atoms with Gasteiger partial charge in [-0.3, -0.25) is 9.59 Å². The molecule has 0 aliphatic carbocycles. The fraction of sp³-hybridized carbons (Fsp3) is 0.364. The Labute approximate surface area is 175 Å². The van der Waals surface area contributed by atoms with Crippen LogP contribution in [0.4, 0.5) is 11.4 Å². The Kier molecular flexibility index (Phi) is 7.04. The molecule has 1 aliphatic heterocycles. The minimum atomic E-state index is -0.253. The highest BCUT2D eigenvalue weighted by Gasteiger charge is 2.25. The normalized spacial score (nSPS) is 15.6. The van der Waals surface area contributed by atoms with Crippen molar-refractivity contribution in [2.75, 3.05) is 30.4 Å². The standard InChI is InChI=1S/C22H27N3O3S/c1-15(29-18-9-7-17(28-2)8-10-18)22(27)24-19-5-3-4-6-20(19)25-13-11-16(12-14-25)21(23)26/h3-10,15-16H,11-14H2,1-2H3,(H2,23,26)(H,24,27). The monoisotopic (exact) mass is 413 g/mol. The molecule has 1 fully saturated rings. The molecule has 1 atom stereocenters. The molecular weight excluding hydrogens is 386 g/mol. The van der Waals surface area contributed by atoms with Gasteiger partial charge in [0.1, 0.15) is 5.75 Å². The summed E-state index contributed by atoms with van der Waals surface area (Å²) in [5.41, 5.74) is 7.20. The average Bonchev–Trinajstić information content (AvgIpc) is 2.74. The topological polar surface area (TPSA) is 84.7 Å². The molecular formula is C22H27N3O3S. The van der Waals surface area contributed by atoms with E-state index in [-0.39, 0.29) is 23.0 Å². The predicted molar refractivity (Wildman–Crippen MR) is 118 cm³/mol. The molecule has 6 nitrogen and oxygen atoms in total. The van der Waals surface area contributed by atoms with Crippen LogP contribution in [-0.2, 0) is 9.59 Å². The SMILES string of the molecule is COc1ccc(SC(C)C(=O)Nc2ccccc2N2CCC(C(N)=O)CC2)cc1. The number of nitrogens with zero attached hydrogens (tertiary/aromatic N) is 1. The fourth-order valence-electron chi connectivity index (χ4n) is 3.41. The summed E-state index contributed by atoms with van der Waals surface area (Å²) in [5, 5.41) is 2.81. The van der Waals surface area contributed by atoms with Crippen LogP contribution < -0.4 is 20.7 Å². The lowest BCUT2D eigenvalue weighted by Gasteiger charge is -2.33. The molecule has 2 aromatic rings. The van der Waals surface area contributed by atoms with Gasteiger partial charge in [-0.25, -0.2) is 0 Å². The van der Waals surface area contributed by atoms with Gasteiger partial charge in [-0.2, -0.15) is 0 Å². The highest BCUT2D eigenvalue weighted by Crippen LogP contribution is 2.31. The lowest BCUT2D eigenvalue weighted by molar-refractivity contribution is -0.122. The number of ether oxygens (including phenoxy) is 1. The molecule has 1 saturated heterocycles. The second-order valence-electron chi connectivity index (χ2n) is 7.11. The molecule has 0 aromatic heterocycles. The van der Waals surface area contributed by atoms with Gasteiger partial charge in [-0.1, -0.05) is 12.1 Å². The number of nitrogens with one attached hydrogen (secondary N) is 1. The number of hydrogen-bond acceptors (Lipinski definition) is 5. The molecule has 1 aliphatic rings. The summed E-state index contributed by atoms with van der Waals surface area (Å²) >= 11 is 1.50. The molecule has 0 spiro atoms. The first-order valence-corrected chi connectivity index (χ1v) is 10.6. The maximum atomic E-state index is 12.8. The summed E-state index contributed by atoms with van der Waals surface area (Å²) in [6.07, 6.45) is 1.47. The van der Waals surface area contributed by atoms with Crippen LogP contribution in [-0.4, -0.2) is 37.3 Å². The Hall–Kier alpha value is -2.67. The fourth-order valence-corrected chi connectivity index (χ4v) is 4.27. The van der Waals surface area contributed by atoms with Crippen LogP contribution in [0.3, 0.4) is 0 Å². The van der Waals surface area contributed by atoms with Gasteiger partial charge in [-0.15, -0.1) is 11.8 Å². The average molecular weight is 414 g/mol. The number of thioether (sulfide) groups is 1. The third-order valence-corrected chi connectivity index (χ3v) is 6.25. The van der Waals surface area contributed by atoms with Crippen molar-refractivity contribution in [3.63, 3.8) is 0 Å². The van der Waals surface area contributed by atoms with Crippen molar-refractivity contribution in [1.29, 1.82) is 0 Å². The molecule has 29 heavy (non-hydrogen) atoms. The lowest BCUT2D eigenvalue weighted by Crippen LogP contribution is -2.39. The summed E-state index contributed by atoms with van der Waals surface area (Å²) in [6, 6.07) is 15.5. The maximum absolute atomic E-state index is 12.8. The smallest absolute Gasteiger partial charge is 0.237 e. The van der Waals surface area contributed by atoms with Gasteiger partial charge in [0, 0.05) is 23.9 Å². The van der Waals surface area contributed by atoms with E-state index in [2.05, 4.69) is 10.2 Å². The van der Waals surface area contributed by atoms with E-state index in [1.165, 1.54) is 11.8 Å². The Morgan fingerprint density at radius 1 is 1.14 bits per heavy atom. The number of piperidine rings is 1. The lowest BCUT2D eigenvalue weighted by atomic mass is 9.96. The van der Waals surface area contributed by atoms with E-state index in [1.807, 2.05) is 55.5 Å². The Balaban J connectivity index is 1.63. The van der Waals surface area contributed by atoms with Gasteiger partial charge >= 0.3 is 0 Å². The van der Waals surface area contributed by atoms with E-state index in [0.717, 1.165) is 48.0 Å². The van der Waals surface area contributed by atoms with Gasteiger partial charge in [0.15, 0.2) is 0 Å². The number of nitrogens with two attached hydrogens (primary N) is 1. The maximum Gasteiger partial charge on any atom is 0.237 e. The molecule has 3 N–H and O–H groups in total. The molecule has 0 bridgehead atoms. The molecule has 7 heteroatoms. The Morgan fingerprint density at radius 3 is 2.41 bits per heavy atom. The summed E-state index contributed by atoms with van der Waals surface area (Å²) in [7, 11) is 1.63. The van der Waals surface area contributed by atoms with Gasteiger partial charge in [0.2, 0.25) is 11.8 Å². The third-order valence-electron chi connectivity index (χ3n) is 5.14. The van der Waals surface area contributed by atoms with Crippen LogP contribution in [0.2, 0.25) is 0 Å². The zero-order valence-corrected chi connectivity index (χ0v) is 17.6. The van der Waals surface area contributed by atoms with Crippen molar-refractivity contribution in [1.82, 2.24) is 0 Å². The van der Waals surface area contributed by atoms with Gasteiger partial charge in [-0.05, 0) is 56.2 Å².